The van der Waals surface area contributed by atoms with Gasteiger partial charge in [-0.15, -0.1) is 11.3 Å². The number of sulfonamides is 1. The highest BCUT2D eigenvalue weighted by Gasteiger charge is 2.28. The van der Waals surface area contributed by atoms with Crippen molar-refractivity contribution in [3.8, 4) is 0 Å². The summed E-state index contributed by atoms with van der Waals surface area (Å²) in [4.78, 5) is 1.06. The van der Waals surface area contributed by atoms with Gasteiger partial charge >= 0.3 is 0 Å². The molecular weight excluding hydrogens is 292 g/mol. The van der Waals surface area contributed by atoms with Crippen LogP contribution in [-0.2, 0) is 16.6 Å². The molecule has 2 N–H and O–H groups in total. The van der Waals surface area contributed by atoms with Crippen molar-refractivity contribution in [2.45, 2.75) is 56.3 Å². The van der Waals surface area contributed by atoms with Gasteiger partial charge in [0.2, 0.25) is 10.0 Å². The lowest BCUT2D eigenvalue weighted by Gasteiger charge is -2.31. The molecule has 1 atom stereocenters. The normalized spacial score (nSPS) is 17.9. The first-order chi connectivity index (χ1) is 9.53. The zero-order valence-corrected chi connectivity index (χ0v) is 13.8. The lowest BCUT2D eigenvalue weighted by molar-refractivity contribution is 0.260. The fourth-order valence-corrected chi connectivity index (χ4v) is 4.98. The van der Waals surface area contributed by atoms with E-state index in [9.17, 15) is 8.42 Å². The fourth-order valence-electron chi connectivity index (χ4n) is 2.32. The molecule has 1 aliphatic rings. The molecule has 0 aliphatic heterocycles. The second-order valence-electron chi connectivity index (χ2n) is 5.50. The predicted octanol–water partition coefficient (Wildman–Crippen LogP) is 2.71. The Hall–Kier alpha value is -0.430. The summed E-state index contributed by atoms with van der Waals surface area (Å²) in [5.74, 6) is 0.510. The molecule has 114 valence electrons. The quantitative estimate of drug-likeness (QED) is 0.725. The zero-order chi connectivity index (χ0) is 14.6. The lowest BCUT2D eigenvalue weighted by atomic mass is 9.81. The van der Waals surface area contributed by atoms with Gasteiger partial charge in [0.1, 0.15) is 4.21 Å². The molecule has 0 aromatic carbocycles. The topological polar surface area (TPSA) is 58.2 Å². The molecule has 0 amide bonds. The molecule has 20 heavy (non-hydrogen) atoms. The van der Waals surface area contributed by atoms with E-state index in [4.69, 9.17) is 0 Å². The molecule has 1 aromatic rings. The number of hydrogen-bond donors (Lipinski definition) is 2. The smallest absolute Gasteiger partial charge is 0.250 e. The van der Waals surface area contributed by atoms with Gasteiger partial charge in [-0.05, 0) is 50.8 Å². The Labute approximate surface area is 126 Å². The first-order valence-electron chi connectivity index (χ1n) is 7.34. The molecule has 6 heteroatoms. The maximum absolute atomic E-state index is 12.3. The van der Waals surface area contributed by atoms with E-state index in [2.05, 4.69) is 17.0 Å². The third-order valence-corrected chi connectivity index (χ3v) is 6.96. The SMILES string of the molecule is CCCNCc1ccc(S(=O)(=O)NC(C)C2CCC2)s1. The fraction of sp³-hybridized carbons (Fsp3) is 0.714. The molecule has 1 aliphatic carbocycles. The number of thiophene rings is 1. The van der Waals surface area contributed by atoms with Crippen LogP contribution in [0.25, 0.3) is 0 Å². The van der Waals surface area contributed by atoms with Crippen LogP contribution in [0.1, 0.15) is 44.4 Å². The van der Waals surface area contributed by atoms with Crippen molar-refractivity contribution in [3.63, 3.8) is 0 Å². The maximum Gasteiger partial charge on any atom is 0.250 e. The largest absolute Gasteiger partial charge is 0.312 e. The van der Waals surface area contributed by atoms with E-state index in [-0.39, 0.29) is 6.04 Å². The molecule has 1 unspecified atom stereocenters. The summed E-state index contributed by atoms with van der Waals surface area (Å²) >= 11 is 1.36. The Balaban J connectivity index is 1.94. The Morgan fingerprint density at radius 3 is 2.75 bits per heavy atom. The number of nitrogens with one attached hydrogen (secondary N) is 2. The third-order valence-electron chi connectivity index (χ3n) is 3.83. The Morgan fingerprint density at radius 1 is 1.40 bits per heavy atom. The van der Waals surface area contributed by atoms with Crippen molar-refractivity contribution < 1.29 is 8.42 Å². The van der Waals surface area contributed by atoms with E-state index >= 15 is 0 Å². The van der Waals surface area contributed by atoms with Crippen molar-refractivity contribution in [2.75, 3.05) is 6.54 Å². The summed E-state index contributed by atoms with van der Waals surface area (Å²) in [7, 11) is -3.35. The summed E-state index contributed by atoms with van der Waals surface area (Å²) in [6.45, 7) is 5.78. The van der Waals surface area contributed by atoms with Gasteiger partial charge in [-0.25, -0.2) is 13.1 Å². The Bertz CT molecular complexity index is 521. The predicted molar refractivity (Wildman–Crippen MR) is 83.4 cm³/mol. The molecule has 1 saturated carbocycles. The van der Waals surface area contributed by atoms with Crippen LogP contribution in [0, 0.1) is 5.92 Å². The maximum atomic E-state index is 12.3. The van der Waals surface area contributed by atoms with E-state index in [1.165, 1.54) is 17.8 Å². The van der Waals surface area contributed by atoms with Gasteiger partial charge < -0.3 is 5.32 Å². The van der Waals surface area contributed by atoms with Crippen molar-refractivity contribution in [1.82, 2.24) is 10.0 Å². The zero-order valence-electron chi connectivity index (χ0n) is 12.2. The summed E-state index contributed by atoms with van der Waals surface area (Å²) in [6.07, 6.45) is 4.58. The van der Waals surface area contributed by atoms with Crippen LogP contribution in [0.4, 0.5) is 0 Å². The van der Waals surface area contributed by atoms with Gasteiger partial charge in [0, 0.05) is 17.5 Å². The highest BCUT2D eigenvalue weighted by molar-refractivity contribution is 7.91. The Morgan fingerprint density at radius 2 is 2.15 bits per heavy atom. The number of rotatable bonds is 8. The molecule has 4 nitrogen and oxygen atoms in total. The van der Waals surface area contributed by atoms with E-state index in [0.717, 1.165) is 37.2 Å². The number of hydrogen-bond acceptors (Lipinski definition) is 4. The molecule has 1 aromatic heterocycles. The van der Waals surface area contributed by atoms with Crippen LogP contribution in [0.2, 0.25) is 0 Å². The monoisotopic (exact) mass is 316 g/mol. The van der Waals surface area contributed by atoms with Crippen LogP contribution in [0.15, 0.2) is 16.3 Å². The second-order valence-corrected chi connectivity index (χ2v) is 8.61. The third kappa shape index (κ3) is 4.04. The van der Waals surface area contributed by atoms with Crippen LogP contribution in [0.5, 0.6) is 0 Å². The van der Waals surface area contributed by atoms with Crippen molar-refractivity contribution in [3.05, 3.63) is 17.0 Å². The van der Waals surface area contributed by atoms with Crippen LogP contribution in [-0.4, -0.2) is 21.0 Å². The molecule has 1 fully saturated rings. The van der Waals surface area contributed by atoms with Gasteiger partial charge in [-0.3, -0.25) is 0 Å². The van der Waals surface area contributed by atoms with Gasteiger partial charge in [0.25, 0.3) is 0 Å². The van der Waals surface area contributed by atoms with Crippen molar-refractivity contribution >= 4 is 21.4 Å². The van der Waals surface area contributed by atoms with Gasteiger partial charge in [-0.2, -0.15) is 0 Å². The lowest BCUT2D eigenvalue weighted by Crippen LogP contribution is -2.40. The molecule has 0 saturated heterocycles. The molecule has 0 bridgehead atoms. The highest BCUT2D eigenvalue weighted by atomic mass is 32.2. The van der Waals surface area contributed by atoms with Gasteiger partial charge in [-0.1, -0.05) is 13.3 Å². The minimum atomic E-state index is -3.35. The van der Waals surface area contributed by atoms with Crippen LogP contribution < -0.4 is 10.0 Å². The summed E-state index contributed by atoms with van der Waals surface area (Å²) in [5.41, 5.74) is 0. The summed E-state index contributed by atoms with van der Waals surface area (Å²) < 4.78 is 27.9. The van der Waals surface area contributed by atoms with E-state index in [0.29, 0.717) is 10.1 Å². The highest BCUT2D eigenvalue weighted by Crippen LogP contribution is 2.30. The van der Waals surface area contributed by atoms with Crippen LogP contribution >= 0.6 is 11.3 Å². The summed E-state index contributed by atoms with van der Waals surface area (Å²) in [5, 5.41) is 3.29. The minimum absolute atomic E-state index is 0.0394. The molecule has 2 rings (SSSR count). The minimum Gasteiger partial charge on any atom is -0.312 e. The second kappa shape index (κ2) is 7.02. The van der Waals surface area contributed by atoms with Crippen LogP contribution in [0.3, 0.4) is 0 Å². The van der Waals surface area contributed by atoms with Gasteiger partial charge in [0.15, 0.2) is 0 Å². The Kier molecular flexibility index (Phi) is 5.60. The molecule has 0 radical (unpaired) electrons. The van der Waals surface area contributed by atoms with Gasteiger partial charge in [0.05, 0.1) is 0 Å². The summed E-state index contributed by atoms with van der Waals surface area (Å²) in [6, 6.07) is 3.65. The van der Waals surface area contributed by atoms with Crippen molar-refractivity contribution in [2.24, 2.45) is 5.92 Å². The van der Waals surface area contributed by atoms with Crippen molar-refractivity contribution in [1.29, 1.82) is 0 Å². The van der Waals surface area contributed by atoms with E-state index in [1.807, 2.05) is 13.0 Å². The first kappa shape index (κ1) is 15.9. The van der Waals surface area contributed by atoms with E-state index < -0.39 is 10.0 Å². The van der Waals surface area contributed by atoms with E-state index in [1.54, 1.807) is 6.07 Å². The average molecular weight is 316 g/mol. The average Bonchev–Trinajstić information content (AvgIpc) is 2.75. The molecule has 1 heterocycles. The first-order valence-corrected chi connectivity index (χ1v) is 9.64. The molecule has 0 spiro atoms. The standard InChI is InChI=1S/C14H24N2O2S2/c1-3-9-15-10-13-7-8-14(19-13)20(17,18)16-11(2)12-5-4-6-12/h7-8,11-12,15-16H,3-6,9-10H2,1-2H3. The molecular formula is C14H24N2O2S2.